The van der Waals surface area contributed by atoms with E-state index in [2.05, 4.69) is 0 Å². The summed E-state index contributed by atoms with van der Waals surface area (Å²) < 4.78 is 4.99. The summed E-state index contributed by atoms with van der Waals surface area (Å²) in [4.78, 5) is 0. The van der Waals surface area contributed by atoms with Crippen LogP contribution in [0.2, 0.25) is 0 Å². The van der Waals surface area contributed by atoms with Crippen molar-refractivity contribution in [2.75, 3.05) is 13.7 Å². The second kappa shape index (κ2) is 4.98. The molecule has 3 N–H and O–H groups in total. The van der Waals surface area contributed by atoms with E-state index in [4.69, 9.17) is 10.5 Å². The van der Waals surface area contributed by atoms with Crippen molar-refractivity contribution in [2.45, 2.75) is 19.4 Å². The second-order valence-corrected chi connectivity index (χ2v) is 3.42. The van der Waals surface area contributed by atoms with Gasteiger partial charge in [0.05, 0.1) is 6.61 Å². The Morgan fingerprint density at radius 2 is 2.21 bits per heavy atom. The molecule has 3 heteroatoms. The molecule has 1 unspecified atom stereocenters. The maximum Gasteiger partial charge on any atom is 0.124 e. The number of benzene rings is 1. The van der Waals surface area contributed by atoms with Gasteiger partial charge in [0.1, 0.15) is 5.75 Å². The van der Waals surface area contributed by atoms with Crippen LogP contribution in [-0.2, 0) is 11.3 Å². The van der Waals surface area contributed by atoms with Crippen LogP contribution >= 0.6 is 0 Å². The average Bonchev–Trinajstić information content (AvgIpc) is 2.20. The fourth-order valence-electron chi connectivity index (χ4n) is 1.41. The van der Waals surface area contributed by atoms with Gasteiger partial charge in [-0.2, -0.15) is 0 Å². The molecular weight excluding hydrogens is 178 g/mol. The molecule has 0 radical (unpaired) electrons. The van der Waals surface area contributed by atoms with Crippen molar-refractivity contribution in [3.8, 4) is 5.75 Å². The van der Waals surface area contributed by atoms with E-state index in [-0.39, 0.29) is 5.92 Å². The van der Waals surface area contributed by atoms with E-state index < -0.39 is 0 Å². The van der Waals surface area contributed by atoms with Crippen LogP contribution in [0.3, 0.4) is 0 Å². The Labute approximate surface area is 84.5 Å². The maximum atomic E-state index is 9.89. The Kier molecular flexibility index (Phi) is 3.92. The minimum Gasteiger partial charge on any atom is -0.507 e. The predicted octanol–water partition coefficient (Wildman–Crippen LogP) is 1.60. The van der Waals surface area contributed by atoms with Gasteiger partial charge in [-0.05, 0) is 18.0 Å². The van der Waals surface area contributed by atoms with Gasteiger partial charge in [0.25, 0.3) is 0 Å². The molecule has 1 atom stereocenters. The highest BCUT2D eigenvalue weighted by Crippen LogP contribution is 2.28. The van der Waals surface area contributed by atoms with Crippen molar-refractivity contribution in [3.63, 3.8) is 0 Å². The minimum atomic E-state index is 0.173. The van der Waals surface area contributed by atoms with Gasteiger partial charge in [-0.15, -0.1) is 0 Å². The number of hydrogen-bond donors (Lipinski definition) is 2. The molecule has 0 fully saturated rings. The van der Waals surface area contributed by atoms with Gasteiger partial charge in [0.15, 0.2) is 0 Å². The molecule has 0 bridgehead atoms. The third kappa shape index (κ3) is 2.25. The highest BCUT2D eigenvalue weighted by molar-refractivity contribution is 5.42. The van der Waals surface area contributed by atoms with Crippen molar-refractivity contribution < 1.29 is 9.84 Å². The van der Waals surface area contributed by atoms with E-state index >= 15 is 0 Å². The summed E-state index contributed by atoms with van der Waals surface area (Å²) in [6, 6.07) is 5.66. The topological polar surface area (TPSA) is 55.5 Å². The first-order valence-corrected chi connectivity index (χ1v) is 4.70. The van der Waals surface area contributed by atoms with Crippen LogP contribution in [0.5, 0.6) is 5.75 Å². The Balaban J connectivity index is 3.00. The summed E-state index contributed by atoms with van der Waals surface area (Å²) in [5.74, 6) is 0.485. The van der Waals surface area contributed by atoms with Crippen molar-refractivity contribution in [1.29, 1.82) is 0 Å². The molecule has 0 aliphatic heterocycles. The molecule has 0 spiro atoms. The monoisotopic (exact) mass is 195 g/mol. The van der Waals surface area contributed by atoms with Gasteiger partial charge in [-0.3, -0.25) is 0 Å². The van der Waals surface area contributed by atoms with Crippen LogP contribution in [0, 0.1) is 0 Å². The van der Waals surface area contributed by atoms with E-state index in [0.29, 0.717) is 18.9 Å². The minimum absolute atomic E-state index is 0.173. The fourth-order valence-corrected chi connectivity index (χ4v) is 1.41. The summed E-state index contributed by atoms with van der Waals surface area (Å²) >= 11 is 0. The Bertz CT molecular complexity index is 299. The van der Waals surface area contributed by atoms with Crippen molar-refractivity contribution >= 4 is 0 Å². The van der Waals surface area contributed by atoms with E-state index in [1.807, 2.05) is 25.1 Å². The molecule has 0 heterocycles. The van der Waals surface area contributed by atoms with E-state index in [0.717, 1.165) is 11.1 Å². The lowest BCUT2D eigenvalue weighted by Gasteiger charge is -2.13. The number of ether oxygens (including phenoxy) is 1. The van der Waals surface area contributed by atoms with Crippen LogP contribution in [0.25, 0.3) is 0 Å². The summed E-state index contributed by atoms with van der Waals surface area (Å²) in [5.41, 5.74) is 7.26. The zero-order valence-electron chi connectivity index (χ0n) is 8.66. The first kappa shape index (κ1) is 11.0. The van der Waals surface area contributed by atoms with Crippen LogP contribution < -0.4 is 5.73 Å². The fraction of sp³-hybridized carbons (Fsp3) is 0.455. The number of phenols is 1. The van der Waals surface area contributed by atoms with Crippen LogP contribution in [0.15, 0.2) is 18.2 Å². The second-order valence-electron chi connectivity index (χ2n) is 3.42. The number of rotatable bonds is 4. The highest BCUT2D eigenvalue weighted by atomic mass is 16.5. The number of para-hydroxylation sites is 1. The van der Waals surface area contributed by atoms with Crippen molar-refractivity contribution in [3.05, 3.63) is 29.3 Å². The molecular formula is C11H17NO2. The molecule has 0 saturated heterocycles. The van der Waals surface area contributed by atoms with Crippen LogP contribution in [-0.4, -0.2) is 18.8 Å². The highest BCUT2D eigenvalue weighted by Gasteiger charge is 2.11. The van der Waals surface area contributed by atoms with Gasteiger partial charge in [-0.1, -0.05) is 25.1 Å². The van der Waals surface area contributed by atoms with E-state index in [9.17, 15) is 5.11 Å². The molecule has 0 saturated carbocycles. The van der Waals surface area contributed by atoms with E-state index in [1.165, 1.54) is 0 Å². The number of phenolic OH excluding ortho intramolecular Hbond substituents is 1. The summed E-state index contributed by atoms with van der Waals surface area (Å²) in [6.45, 7) is 2.95. The summed E-state index contributed by atoms with van der Waals surface area (Å²) in [7, 11) is 1.61. The molecule has 1 rings (SSSR count). The van der Waals surface area contributed by atoms with Gasteiger partial charge in [0, 0.05) is 12.7 Å². The molecule has 1 aromatic carbocycles. The summed E-state index contributed by atoms with van der Waals surface area (Å²) in [6.07, 6.45) is 0. The third-order valence-electron chi connectivity index (χ3n) is 2.34. The standard InChI is InChI=1S/C11H17NO2/c1-8(6-12)10-5-3-4-9(7-14-2)11(10)13/h3-5,8,13H,6-7,12H2,1-2H3. The van der Waals surface area contributed by atoms with Gasteiger partial charge in [-0.25, -0.2) is 0 Å². The number of methoxy groups -OCH3 is 1. The molecule has 1 aromatic rings. The predicted molar refractivity (Wildman–Crippen MR) is 56.3 cm³/mol. The Morgan fingerprint density at radius 1 is 1.50 bits per heavy atom. The zero-order chi connectivity index (χ0) is 10.6. The molecule has 0 aliphatic rings. The van der Waals surface area contributed by atoms with Gasteiger partial charge < -0.3 is 15.6 Å². The molecule has 78 valence electrons. The number of aromatic hydroxyl groups is 1. The quantitative estimate of drug-likeness (QED) is 0.767. The molecule has 14 heavy (non-hydrogen) atoms. The average molecular weight is 195 g/mol. The lowest BCUT2D eigenvalue weighted by Crippen LogP contribution is -2.09. The van der Waals surface area contributed by atoms with Gasteiger partial charge in [0.2, 0.25) is 0 Å². The lowest BCUT2D eigenvalue weighted by atomic mass is 9.98. The van der Waals surface area contributed by atoms with Crippen molar-refractivity contribution in [1.82, 2.24) is 0 Å². The normalized spacial score (nSPS) is 12.8. The first-order valence-electron chi connectivity index (χ1n) is 4.70. The number of nitrogens with two attached hydrogens (primary N) is 1. The van der Waals surface area contributed by atoms with E-state index in [1.54, 1.807) is 7.11 Å². The van der Waals surface area contributed by atoms with Crippen LogP contribution in [0.4, 0.5) is 0 Å². The largest absolute Gasteiger partial charge is 0.507 e. The summed E-state index contributed by atoms with van der Waals surface area (Å²) in [5, 5.41) is 9.89. The molecule has 0 amide bonds. The molecule has 0 aliphatic carbocycles. The van der Waals surface area contributed by atoms with Crippen LogP contribution in [0.1, 0.15) is 24.0 Å². The Hall–Kier alpha value is -1.06. The number of hydrogen-bond acceptors (Lipinski definition) is 3. The maximum absolute atomic E-state index is 9.89. The first-order chi connectivity index (χ1) is 6.70. The van der Waals surface area contributed by atoms with Crippen molar-refractivity contribution in [2.24, 2.45) is 5.73 Å². The Morgan fingerprint density at radius 3 is 2.79 bits per heavy atom. The lowest BCUT2D eigenvalue weighted by molar-refractivity contribution is 0.182. The zero-order valence-corrected chi connectivity index (χ0v) is 8.66. The molecule has 0 aromatic heterocycles. The third-order valence-corrected chi connectivity index (χ3v) is 2.34. The SMILES string of the molecule is COCc1cccc(C(C)CN)c1O. The van der Waals surface area contributed by atoms with Gasteiger partial charge >= 0.3 is 0 Å². The molecule has 3 nitrogen and oxygen atoms in total. The smallest absolute Gasteiger partial charge is 0.124 e.